The molecule has 4 rings (SSSR count). The van der Waals surface area contributed by atoms with Crippen molar-refractivity contribution in [2.45, 2.75) is 47.0 Å². The Bertz CT molecular complexity index is 1160. The van der Waals surface area contributed by atoms with Crippen molar-refractivity contribution in [1.29, 1.82) is 0 Å². The second-order valence-corrected chi connectivity index (χ2v) is 7.97. The minimum Gasteiger partial charge on any atom is -0.310 e. The van der Waals surface area contributed by atoms with Gasteiger partial charge in [0.2, 0.25) is 5.91 Å². The van der Waals surface area contributed by atoms with Crippen LogP contribution in [0.5, 0.6) is 0 Å². The predicted molar refractivity (Wildman–Crippen MR) is 114 cm³/mol. The fourth-order valence-electron chi connectivity index (χ4n) is 4.10. The number of nitrogens with one attached hydrogen (secondary N) is 1. The fourth-order valence-corrected chi connectivity index (χ4v) is 4.10. The van der Waals surface area contributed by atoms with Crippen LogP contribution in [0.25, 0.3) is 5.69 Å². The molecule has 0 fully saturated rings. The minimum absolute atomic E-state index is 0.0223. The highest BCUT2D eigenvalue weighted by Gasteiger charge is 2.37. The smallest absolute Gasteiger partial charge is 0.226 e. The minimum atomic E-state index is -0.530. The van der Waals surface area contributed by atoms with Gasteiger partial charge in [-0.15, -0.1) is 0 Å². The maximum Gasteiger partial charge on any atom is 0.226 e. The van der Waals surface area contributed by atoms with E-state index in [0.29, 0.717) is 11.4 Å². The van der Waals surface area contributed by atoms with Crippen LogP contribution >= 0.6 is 0 Å². The van der Waals surface area contributed by atoms with Crippen LogP contribution in [-0.2, 0) is 4.79 Å². The topological polar surface area (TPSA) is 64.0 Å². The van der Waals surface area contributed by atoms with Crippen LogP contribution in [0.4, 0.5) is 5.82 Å². The number of hydrogen-bond acceptors (Lipinski definition) is 3. The molecular weight excluding hydrogens is 362 g/mol. The molecule has 1 aromatic heterocycles. The summed E-state index contributed by atoms with van der Waals surface area (Å²) in [5.41, 5.74) is 7.37. The Morgan fingerprint density at radius 1 is 1.07 bits per heavy atom. The number of carbonyl (C=O) groups excluding carboxylic acids is 2. The second-order valence-electron chi connectivity index (χ2n) is 7.97. The summed E-state index contributed by atoms with van der Waals surface area (Å²) in [6.45, 7) is 9.90. The SMILES string of the molecule is Cc1ccc(C)c(C(=O)[C@H]2CC(=O)Nc3c2c(C)nn3-c2cccc(C)c2C)c1. The molecule has 0 bridgehead atoms. The number of fused-ring (bicyclic) bond motifs is 1. The molecule has 1 aliphatic heterocycles. The van der Waals surface area contributed by atoms with E-state index in [1.165, 1.54) is 0 Å². The van der Waals surface area contributed by atoms with Crippen molar-refractivity contribution >= 4 is 17.5 Å². The summed E-state index contributed by atoms with van der Waals surface area (Å²) in [5, 5.41) is 7.68. The van der Waals surface area contributed by atoms with Crippen molar-refractivity contribution < 1.29 is 9.59 Å². The summed E-state index contributed by atoms with van der Waals surface area (Å²) >= 11 is 0. The Morgan fingerprint density at radius 3 is 2.59 bits per heavy atom. The number of aryl methyl sites for hydroxylation is 4. The molecule has 148 valence electrons. The molecule has 0 aliphatic carbocycles. The summed E-state index contributed by atoms with van der Waals surface area (Å²) in [5.74, 6) is -0.104. The van der Waals surface area contributed by atoms with E-state index < -0.39 is 5.92 Å². The molecule has 2 aromatic carbocycles. The maximum atomic E-state index is 13.5. The van der Waals surface area contributed by atoms with Crippen molar-refractivity contribution in [3.8, 4) is 5.69 Å². The lowest BCUT2D eigenvalue weighted by Gasteiger charge is -2.24. The third-order valence-electron chi connectivity index (χ3n) is 5.88. The zero-order chi connectivity index (χ0) is 20.9. The van der Waals surface area contributed by atoms with Gasteiger partial charge in [0.25, 0.3) is 0 Å². The fraction of sp³-hybridized carbons (Fsp3) is 0.292. The summed E-state index contributed by atoms with van der Waals surface area (Å²) in [7, 11) is 0. The molecule has 3 aromatic rings. The number of carbonyl (C=O) groups is 2. The van der Waals surface area contributed by atoms with Gasteiger partial charge in [0, 0.05) is 17.5 Å². The predicted octanol–water partition coefficient (Wildman–Crippen LogP) is 4.72. The number of hydrogen-bond donors (Lipinski definition) is 1. The molecular formula is C24H25N3O2. The lowest BCUT2D eigenvalue weighted by atomic mass is 9.84. The lowest BCUT2D eigenvalue weighted by molar-refractivity contribution is -0.116. The molecule has 5 heteroatoms. The zero-order valence-corrected chi connectivity index (χ0v) is 17.5. The largest absolute Gasteiger partial charge is 0.310 e. The molecule has 1 N–H and O–H groups in total. The van der Waals surface area contributed by atoms with Gasteiger partial charge in [0.15, 0.2) is 5.78 Å². The molecule has 1 amide bonds. The first-order valence-electron chi connectivity index (χ1n) is 9.85. The van der Waals surface area contributed by atoms with E-state index in [4.69, 9.17) is 5.10 Å². The van der Waals surface area contributed by atoms with Crippen LogP contribution in [0.2, 0.25) is 0 Å². The molecule has 2 heterocycles. The highest BCUT2D eigenvalue weighted by atomic mass is 16.2. The van der Waals surface area contributed by atoms with E-state index in [-0.39, 0.29) is 18.1 Å². The number of Topliss-reactive ketones (excluding diaryl/α,β-unsaturated/α-hetero) is 1. The molecule has 1 atom stereocenters. The Balaban J connectivity index is 1.87. The summed E-state index contributed by atoms with van der Waals surface area (Å²) in [6, 6.07) is 11.9. The van der Waals surface area contributed by atoms with Gasteiger partial charge >= 0.3 is 0 Å². The number of benzene rings is 2. The number of aromatic nitrogens is 2. The Labute approximate surface area is 170 Å². The van der Waals surface area contributed by atoms with Gasteiger partial charge in [-0.2, -0.15) is 5.10 Å². The molecule has 5 nitrogen and oxygen atoms in total. The van der Waals surface area contributed by atoms with Crippen LogP contribution in [0.3, 0.4) is 0 Å². The zero-order valence-electron chi connectivity index (χ0n) is 17.5. The first-order chi connectivity index (χ1) is 13.8. The first kappa shape index (κ1) is 19.1. The van der Waals surface area contributed by atoms with Gasteiger partial charge in [-0.3, -0.25) is 9.59 Å². The quantitative estimate of drug-likeness (QED) is 0.661. The first-order valence-corrected chi connectivity index (χ1v) is 9.85. The Hall–Kier alpha value is -3.21. The van der Waals surface area contributed by atoms with Gasteiger partial charge in [0.1, 0.15) is 5.82 Å². The molecule has 1 aliphatic rings. The summed E-state index contributed by atoms with van der Waals surface area (Å²) in [4.78, 5) is 26.0. The van der Waals surface area contributed by atoms with Gasteiger partial charge in [-0.1, -0.05) is 29.8 Å². The average Bonchev–Trinajstić information content (AvgIpc) is 3.01. The van der Waals surface area contributed by atoms with E-state index in [1.807, 2.05) is 71.0 Å². The maximum absolute atomic E-state index is 13.5. The molecule has 0 saturated carbocycles. The number of nitrogens with zero attached hydrogens (tertiary/aromatic N) is 2. The standard InChI is InChI=1S/C24H25N3O2/c1-13-9-10-15(3)18(11-13)23(29)19-12-21(28)25-24-22(19)17(5)26-27(24)20-8-6-7-14(2)16(20)4/h6-11,19H,12H2,1-5H3,(H,25,28)/t19-/m0/s1. The number of ketones is 1. The van der Waals surface area contributed by atoms with E-state index in [1.54, 1.807) is 4.68 Å². The van der Waals surface area contributed by atoms with Crippen LogP contribution in [-0.4, -0.2) is 21.5 Å². The van der Waals surface area contributed by atoms with Crippen molar-refractivity contribution in [2.75, 3.05) is 5.32 Å². The van der Waals surface area contributed by atoms with Crippen molar-refractivity contribution in [2.24, 2.45) is 0 Å². The number of anilines is 1. The van der Waals surface area contributed by atoms with Crippen molar-refractivity contribution in [1.82, 2.24) is 9.78 Å². The third-order valence-corrected chi connectivity index (χ3v) is 5.88. The van der Waals surface area contributed by atoms with Gasteiger partial charge in [0.05, 0.1) is 17.3 Å². The van der Waals surface area contributed by atoms with Crippen LogP contribution in [0, 0.1) is 34.6 Å². The van der Waals surface area contributed by atoms with E-state index in [0.717, 1.165) is 39.2 Å². The summed E-state index contributed by atoms with van der Waals surface area (Å²) < 4.78 is 1.77. The number of amides is 1. The highest BCUT2D eigenvalue weighted by Crippen LogP contribution is 2.39. The Morgan fingerprint density at radius 2 is 1.83 bits per heavy atom. The van der Waals surface area contributed by atoms with Gasteiger partial charge in [-0.25, -0.2) is 4.68 Å². The van der Waals surface area contributed by atoms with Crippen LogP contribution in [0.15, 0.2) is 36.4 Å². The number of rotatable bonds is 3. The molecule has 29 heavy (non-hydrogen) atoms. The third kappa shape index (κ3) is 3.16. The van der Waals surface area contributed by atoms with Gasteiger partial charge in [-0.05, 0) is 63.4 Å². The highest BCUT2D eigenvalue weighted by molar-refractivity contribution is 6.08. The van der Waals surface area contributed by atoms with Crippen molar-refractivity contribution in [3.05, 3.63) is 75.5 Å². The average molecular weight is 387 g/mol. The summed E-state index contributed by atoms with van der Waals surface area (Å²) in [6.07, 6.45) is 0.137. The van der Waals surface area contributed by atoms with Crippen LogP contribution < -0.4 is 5.32 Å². The second kappa shape index (κ2) is 6.99. The normalized spacial score (nSPS) is 15.8. The molecule has 0 unspecified atom stereocenters. The van der Waals surface area contributed by atoms with E-state index in [2.05, 4.69) is 5.32 Å². The van der Waals surface area contributed by atoms with E-state index >= 15 is 0 Å². The molecule has 0 spiro atoms. The molecule has 0 saturated heterocycles. The van der Waals surface area contributed by atoms with Crippen molar-refractivity contribution in [3.63, 3.8) is 0 Å². The van der Waals surface area contributed by atoms with E-state index in [9.17, 15) is 9.59 Å². The van der Waals surface area contributed by atoms with Gasteiger partial charge < -0.3 is 5.32 Å². The molecule has 0 radical (unpaired) electrons. The monoisotopic (exact) mass is 387 g/mol. The van der Waals surface area contributed by atoms with Crippen LogP contribution in [0.1, 0.15) is 56.2 Å². The lowest BCUT2D eigenvalue weighted by Crippen LogP contribution is -2.29. The Kier molecular flexibility index (Phi) is 4.61.